The van der Waals surface area contributed by atoms with Crippen LogP contribution in [0.25, 0.3) is 0 Å². The molecule has 0 bridgehead atoms. The van der Waals surface area contributed by atoms with Crippen molar-refractivity contribution in [1.29, 1.82) is 0 Å². The standard InChI is InChI=1S/C11H16O2S/c12-9-11(3-5-13-6-4-11)8-10-2-1-7-14-10/h1-2,7,12H,3-6,8-9H2. The van der Waals surface area contributed by atoms with Crippen LogP contribution in [0.1, 0.15) is 17.7 Å². The van der Waals surface area contributed by atoms with Crippen LogP contribution in [0.2, 0.25) is 0 Å². The van der Waals surface area contributed by atoms with Crippen molar-refractivity contribution in [3.05, 3.63) is 22.4 Å². The number of thiophene rings is 1. The van der Waals surface area contributed by atoms with Crippen LogP contribution in [0.4, 0.5) is 0 Å². The molecule has 0 spiro atoms. The minimum atomic E-state index is 0.0864. The largest absolute Gasteiger partial charge is 0.396 e. The summed E-state index contributed by atoms with van der Waals surface area (Å²) in [5, 5.41) is 11.6. The molecule has 2 nitrogen and oxygen atoms in total. The van der Waals surface area contributed by atoms with Crippen molar-refractivity contribution in [2.45, 2.75) is 19.3 Å². The van der Waals surface area contributed by atoms with Crippen LogP contribution in [0.3, 0.4) is 0 Å². The van der Waals surface area contributed by atoms with Gasteiger partial charge in [-0.3, -0.25) is 0 Å². The molecule has 1 saturated heterocycles. The Morgan fingerprint density at radius 3 is 2.79 bits per heavy atom. The summed E-state index contributed by atoms with van der Waals surface area (Å²) >= 11 is 1.78. The van der Waals surface area contributed by atoms with Crippen molar-refractivity contribution in [3.8, 4) is 0 Å². The van der Waals surface area contributed by atoms with Crippen molar-refractivity contribution in [2.24, 2.45) is 5.41 Å². The highest BCUT2D eigenvalue weighted by Gasteiger charge is 2.32. The Hall–Kier alpha value is -0.380. The summed E-state index contributed by atoms with van der Waals surface area (Å²) in [6.45, 7) is 1.88. The van der Waals surface area contributed by atoms with Gasteiger partial charge >= 0.3 is 0 Å². The lowest BCUT2D eigenvalue weighted by Crippen LogP contribution is -2.34. The molecule has 1 fully saturated rings. The molecular formula is C11H16O2S. The maximum atomic E-state index is 9.49. The summed E-state index contributed by atoms with van der Waals surface area (Å²) in [6.07, 6.45) is 2.98. The number of rotatable bonds is 3. The van der Waals surface area contributed by atoms with E-state index in [4.69, 9.17) is 4.74 Å². The van der Waals surface area contributed by atoms with Gasteiger partial charge < -0.3 is 9.84 Å². The third-order valence-corrected chi connectivity index (χ3v) is 3.89. The third kappa shape index (κ3) is 2.16. The van der Waals surface area contributed by atoms with Crippen molar-refractivity contribution in [3.63, 3.8) is 0 Å². The third-order valence-electron chi connectivity index (χ3n) is 3.02. The van der Waals surface area contributed by atoms with E-state index in [-0.39, 0.29) is 12.0 Å². The molecule has 2 rings (SSSR count). The van der Waals surface area contributed by atoms with E-state index in [0.717, 1.165) is 32.5 Å². The van der Waals surface area contributed by atoms with Crippen LogP contribution >= 0.6 is 11.3 Å². The molecule has 1 aromatic rings. The molecule has 0 amide bonds. The highest BCUT2D eigenvalue weighted by atomic mass is 32.1. The summed E-state index contributed by atoms with van der Waals surface area (Å²) in [4.78, 5) is 1.38. The molecule has 14 heavy (non-hydrogen) atoms. The van der Waals surface area contributed by atoms with Crippen LogP contribution in [-0.2, 0) is 11.2 Å². The summed E-state index contributed by atoms with van der Waals surface area (Å²) in [6, 6.07) is 4.22. The number of aliphatic hydroxyl groups excluding tert-OH is 1. The molecule has 78 valence electrons. The van der Waals surface area contributed by atoms with E-state index in [1.54, 1.807) is 11.3 Å². The van der Waals surface area contributed by atoms with Crippen LogP contribution < -0.4 is 0 Å². The van der Waals surface area contributed by atoms with Crippen molar-refractivity contribution < 1.29 is 9.84 Å². The molecule has 0 aliphatic carbocycles. The molecule has 0 unspecified atom stereocenters. The number of hydrogen-bond acceptors (Lipinski definition) is 3. The first-order chi connectivity index (χ1) is 6.85. The van der Waals surface area contributed by atoms with Crippen molar-refractivity contribution in [1.82, 2.24) is 0 Å². The van der Waals surface area contributed by atoms with E-state index in [2.05, 4.69) is 17.5 Å². The molecule has 1 N–H and O–H groups in total. The second kappa shape index (κ2) is 4.43. The Balaban J connectivity index is 2.04. The maximum absolute atomic E-state index is 9.49. The first-order valence-electron chi connectivity index (χ1n) is 5.06. The molecule has 1 aliphatic rings. The van der Waals surface area contributed by atoms with Crippen molar-refractivity contribution in [2.75, 3.05) is 19.8 Å². The highest BCUT2D eigenvalue weighted by molar-refractivity contribution is 7.09. The normalized spacial score (nSPS) is 20.9. The minimum absolute atomic E-state index is 0.0864. The lowest BCUT2D eigenvalue weighted by atomic mass is 9.78. The predicted molar refractivity (Wildman–Crippen MR) is 57.6 cm³/mol. The van der Waals surface area contributed by atoms with Gasteiger partial charge in [0.15, 0.2) is 0 Å². The Morgan fingerprint density at radius 2 is 2.21 bits per heavy atom. The SMILES string of the molecule is OCC1(Cc2cccs2)CCOCC1. The molecule has 0 aromatic carbocycles. The fourth-order valence-electron chi connectivity index (χ4n) is 1.98. The van der Waals surface area contributed by atoms with Gasteiger partial charge in [0.05, 0.1) is 0 Å². The second-order valence-corrected chi connectivity index (χ2v) is 5.06. The summed E-state index contributed by atoms with van der Waals surface area (Å²) in [5.74, 6) is 0. The van der Waals surface area contributed by atoms with E-state index in [1.807, 2.05) is 0 Å². The molecular weight excluding hydrogens is 196 g/mol. The Kier molecular flexibility index (Phi) is 3.21. The zero-order valence-corrected chi connectivity index (χ0v) is 9.05. The topological polar surface area (TPSA) is 29.5 Å². The van der Waals surface area contributed by atoms with E-state index in [0.29, 0.717) is 0 Å². The van der Waals surface area contributed by atoms with E-state index in [1.165, 1.54) is 4.88 Å². The second-order valence-electron chi connectivity index (χ2n) is 4.03. The molecule has 3 heteroatoms. The average Bonchev–Trinajstić information content (AvgIpc) is 2.72. The molecule has 0 atom stereocenters. The molecule has 0 radical (unpaired) electrons. The predicted octanol–water partition coefficient (Wildman–Crippen LogP) is 2.08. The lowest BCUT2D eigenvalue weighted by molar-refractivity contribution is -0.0153. The first kappa shape index (κ1) is 10.1. The van der Waals surface area contributed by atoms with Gasteiger partial charge in [0.2, 0.25) is 0 Å². The average molecular weight is 212 g/mol. The van der Waals surface area contributed by atoms with Gasteiger partial charge in [0.25, 0.3) is 0 Å². The van der Waals surface area contributed by atoms with Gasteiger partial charge in [-0.25, -0.2) is 0 Å². The quantitative estimate of drug-likeness (QED) is 0.831. The molecule has 0 saturated carbocycles. The van der Waals surface area contributed by atoms with E-state index < -0.39 is 0 Å². The Bertz CT molecular complexity index is 263. The highest BCUT2D eigenvalue weighted by Crippen LogP contribution is 2.34. The van der Waals surface area contributed by atoms with Gasteiger partial charge in [-0.05, 0) is 30.7 Å². The Labute approximate surface area is 88.5 Å². The fraction of sp³-hybridized carbons (Fsp3) is 0.636. The molecule has 1 aromatic heterocycles. The Morgan fingerprint density at radius 1 is 1.43 bits per heavy atom. The van der Waals surface area contributed by atoms with E-state index >= 15 is 0 Å². The number of ether oxygens (including phenoxy) is 1. The lowest BCUT2D eigenvalue weighted by Gasteiger charge is -2.35. The van der Waals surface area contributed by atoms with E-state index in [9.17, 15) is 5.11 Å². The summed E-state index contributed by atoms with van der Waals surface area (Å²) < 4.78 is 5.34. The minimum Gasteiger partial charge on any atom is -0.396 e. The zero-order chi connectivity index (χ0) is 9.86. The van der Waals surface area contributed by atoms with Gasteiger partial charge in [-0.1, -0.05) is 6.07 Å². The van der Waals surface area contributed by atoms with Crippen molar-refractivity contribution >= 4 is 11.3 Å². The maximum Gasteiger partial charge on any atom is 0.0492 e. The van der Waals surface area contributed by atoms with Crippen LogP contribution in [0.5, 0.6) is 0 Å². The van der Waals surface area contributed by atoms with Gasteiger partial charge in [0.1, 0.15) is 0 Å². The smallest absolute Gasteiger partial charge is 0.0492 e. The molecule has 2 heterocycles. The monoisotopic (exact) mass is 212 g/mol. The van der Waals surface area contributed by atoms with Gasteiger partial charge in [-0.2, -0.15) is 0 Å². The van der Waals surface area contributed by atoms with Crippen LogP contribution in [-0.4, -0.2) is 24.9 Å². The summed E-state index contributed by atoms with van der Waals surface area (Å²) in [7, 11) is 0. The number of hydrogen-bond donors (Lipinski definition) is 1. The zero-order valence-electron chi connectivity index (χ0n) is 8.24. The van der Waals surface area contributed by atoms with Gasteiger partial charge in [-0.15, -0.1) is 11.3 Å². The van der Waals surface area contributed by atoms with Crippen LogP contribution in [0, 0.1) is 5.41 Å². The number of aliphatic hydroxyl groups is 1. The van der Waals surface area contributed by atoms with Crippen LogP contribution in [0.15, 0.2) is 17.5 Å². The fourth-order valence-corrected chi connectivity index (χ4v) is 2.86. The molecule has 1 aliphatic heterocycles. The van der Waals surface area contributed by atoms with Gasteiger partial charge in [0, 0.05) is 30.1 Å². The summed E-state index contributed by atoms with van der Waals surface area (Å²) in [5.41, 5.74) is 0.0864. The first-order valence-corrected chi connectivity index (χ1v) is 5.94.